The summed E-state index contributed by atoms with van der Waals surface area (Å²) in [6.07, 6.45) is 3.73. The van der Waals surface area contributed by atoms with Crippen molar-refractivity contribution in [2.24, 2.45) is 0 Å². The Morgan fingerprint density at radius 1 is 1.35 bits per heavy atom. The minimum absolute atomic E-state index is 0.737. The molecule has 1 unspecified atom stereocenters. The van der Waals surface area contributed by atoms with Crippen LogP contribution >= 0.6 is 11.3 Å². The van der Waals surface area contributed by atoms with Gasteiger partial charge >= 0.3 is 0 Å². The van der Waals surface area contributed by atoms with Crippen molar-refractivity contribution >= 4 is 11.3 Å². The minimum atomic E-state index is 0.737. The van der Waals surface area contributed by atoms with Gasteiger partial charge in [-0.15, -0.1) is 0 Å². The highest BCUT2D eigenvalue weighted by molar-refractivity contribution is 7.07. The maximum Gasteiger partial charge on any atom is 0.0220 e. The van der Waals surface area contributed by atoms with E-state index >= 15 is 0 Å². The standard InChI is InChI=1S/C16H29N3S/c1-3-16-13-18(2)9-4-10-19(16)11-8-17-7-5-15-6-12-20-14-15/h6,12,14,16-17H,3-5,7-11,13H2,1-2H3. The number of nitrogens with one attached hydrogen (secondary N) is 1. The van der Waals surface area contributed by atoms with Gasteiger partial charge in [0.2, 0.25) is 0 Å². The zero-order chi connectivity index (χ0) is 14.2. The lowest BCUT2D eigenvalue weighted by molar-refractivity contribution is 0.184. The number of hydrogen-bond donors (Lipinski definition) is 1. The average Bonchev–Trinajstić information content (AvgIpc) is 2.89. The first kappa shape index (κ1) is 16.0. The molecule has 0 bridgehead atoms. The van der Waals surface area contributed by atoms with E-state index in [1.54, 1.807) is 11.3 Å². The molecule has 1 N–H and O–H groups in total. The van der Waals surface area contributed by atoms with Crippen LogP contribution in [0.5, 0.6) is 0 Å². The summed E-state index contributed by atoms with van der Waals surface area (Å²) in [5.41, 5.74) is 1.46. The van der Waals surface area contributed by atoms with Gasteiger partial charge in [0.1, 0.15) is 0 Å². The van der Waals surface area contributed by atoms with Crippen LogP contribution in [0.3, 0.4) is 0 Å². The van der Waals surface area contributed by atoms with Crippen LogP contribution in [0.25, 0.3) is 0 Å². The maximum atomic E-state index is 3.60. The summed E-state index contributed by atoms with van der Waals surface area (Å²) in [6, 6.07) is 2.96. The molecule has 4 heteroatoms. The zero-order valence-electron chi connectivity index (χ0n) is 13.0. The highest BCUT2D eigenvalue weighted by atomic mass is 32.1. The van der Waals surface area contributed by atoms with Gasteiger partial charge in [-0.05, 0) is 68.3 Å². The van der Waals surface area contributed by atoms with Gasteiger partial charge in [-0.1, -0.05) is 6.92 Å². The zero-order valence-corrected chi connectivity index (χ0v) is 13.8. The molecule has 0 aliphatic carbocycles. The lowest BCUT2D eigenvalue weighted by Crippen LogP contribution is -2.43. The van der Waals surface area contributed by atoms with E-state index in [9.17, 15) is 0 Å². The molecule has 0 amide bonds. The van der Waals surface area contributed by atoms with Crippen molar-refractivity contribution in [2.45, 2.75) is 32.2 Å². The van der Waals surface area contributed by atoms with E-state index in [0.717, 1.165) is 25.6 Å². The van der Waals surface area contributed by atoms with Gasteiger partial charge in [0.05, 0.1) is 0 Å². The van der Waals surface area contributed by atoms with Gasteiger partial charge in [-0.2, -0.15) is 11.3 Å². The third-order valence-corrected chi connectivity index (χ3v) is 4.97. The fraction of sp³-hybridized carbons (Fsp3) is 0.750. The smallest absolute Gasteiger partial charge is 0.0220 e. The molecule has 0 radical (unpaired) electrons. The second-order valence-electron chi connectivity index (χ2n) is 5.85. The Bertz CT molecular complexity index is 353. The third-order valence-electron chi connectivity index (χ3n) is 4.24. The summed E-state index contributed by atoms with van der Waals surface area (Å²) in [5.74, 6) is 0. The summed E-state index contributed by atoms with van der Waals surface area (Å²) >= 11 is 1.79. The van der Waals surface area contributed by atoms with Crippen molar-refractivity contribution in [1.82, 2.24) is 15.1 Å². The molecule has 1 aromatic rings. The molecule has 1 fully saturated rings. The Morgan fingerprint density at radius 3 is 3.00 bits per heavy atom. The molecule has 0 aromatic carbocycles. The Morgan fingerprint density at radius 2 is 2.25 bits per heavy atom. The van der Waals surface area contributed by atoms with E-state index in [2.05, 4.69) is 45.9 Å². The lowest BCUT2D eigenvalue weighted by Gasteiger charge is -2.30. The highest BCUT2D eigenvalue weighted by Crippen LogP contribution is 2.11. The summed E-state index contributed by atoms with van der Waals surface area (Å²) < 4.78 is 0. The summed E-state index contributed by atoms with van der Waals surface area (Å²) in [4.78, 5) is 5.17. The monoisotopic (exact) mass is 295 g/mol. The predicted molar refractivity (Wildman–Crippen MR) is 88.7 cm³/mol. The topological polar surface area (TPSA) is 18.5 Å². The Hall–Kier alpha value is -0.420. The molecular formula is C16H29N3S. The van der Waals surface area contributed by atoms with Gasteiger partial charge in [0.25, 0.3) is 0 Å². The Kier molecular flexibility index (Phi) is 7.00. The van der Waals surface area contributed by atoms with Crippen molar-refractivity contribution in [3.63, 3.8) is 0 Å². The molecule has 1 aliphatic heterocycles. The molecule has 1 aromatic heterocycles. The average molecular weight is 295 g/mol. The van der Waals surface area contributed by atoms with E-state index in [1.807, 2.05) is 0 Å². The first-order valence-corrected chi connectivity index (χ1v) is 8.88. The van der Waals surface area contributed by atoms with Gasteiger partial charge in [0, 0.05) is 25.7 Å². The largest absolute Gasteiger partial charge is 0.315 e. The summed E-state index contributed by atoms with van der Waals surface area (Å²) in [5, 5.41) is 8.01. The fourth-order valence-corrected chi connectivity index (χ4v) is 3.69. The van der Waals surface area contributed by atoms with Crippen LogP contribution in [-0.4, -0.2) is 62.2 Å². The van der Waals surface area contributed by atoms with Crippen LogP contribution in [0.15, 0.2) is 16.8 Å². The van der Waals surface area contributed by atoms with Gasteiger partial charge in [-0.25, -0.2) is 0 Å². The minimum Gasteiger partial charge on any atom is -0.315 e. The van der Waals surface area contributed by atoms with Crippen molar-refractivity contribution in [3.05, 3.63) is 22.4 Å². The van der Waals surface area contributed by atoms with Gasteiger partial charge in [0.15, 0.2) is 0 Å². The Labute approximate surface area is 128 Å². The molecule has 20 heavy (non-hydrogen) atoms. The van der Waals surface area contributed by atoms with Crippen molar-refractivity contribution in [2.75, 3.05) is 46.3 Å². The van der Waals surface area contributed by atoms with Crippen LogP contribution in [0.2, 0.25) is 0 Å². The molecular weight excluding hydrogens is 266 g/mol. The Balaban J connectivity index is 1.64. The number of thiophene rings is 1. The quantitative estimate of drug-likeness (QED) is 0.779. The summed E-state index contributed by atoms with van der Waals surface area (Å²) in [6.45, 7) is 9.46. The molecule has 0 spiro atoms. The third kappa shape index (κ3) is 5.17. The number of likely N-dealkylation sites (N-methyl/N-ethyl adjacent to an activating group) is 1. The number of nitrogens with zero attached hydrogens (tertiary/aromatic N) is 2. The molecule has 2 rings (SSSR count). The predicted octanol–water partition coefficient (Wildman–Crippen LogP) is 2.30. The van der Waals surface area contributed by atoms with Crippen LogP contribution in [0.1, 0.15) is 25.3 Å². The van der Waals surface area contributed by atoms with Crippen LogP contribution in [0.4, 0.5) is 0 Å². The number of hydrogen-bond acceptors (Lipinski definition) is 4. The molecule has 114 valence electrons. The first-order chi connectivity index (χ1) is 9.79. The van der Waals surface area contributed by atoms with E-state index in [0.29, 0.717) is 0 Å². The van der Waals surface area contributed by atoms with Crippen molar-refractivity contribution in [3.8, 4) is 0 Å². The SMILES string of the molecule is CCC1CN(C)CCCN1CCNCCc1ccsc1. The molecule has 1 saturated heterocycles. The fourth-order valence-electron chi connectivity index (χ4n) is 2.99. The van der Waals surface area contributed by atoms with E-state index < -0.39 is 0 Å². The van der Waals surface area contributed by atoms with E-state index in [-0.39, 0.29) is 0 Å². The van der Waals surface area contributed by atoms with Crippen LogP contribution < -0.4 is 5.32 Å². The molecule has 1 aliphatic rings. The van der Waals surface area contributed by atoms with Gasteiger partial charge < -0.3 is 10.2 Å². The molecule has 3 nitrogen and oxygen atoms in total. The maximum absolute atomic E-state index is 3.60. The van der Waals surface area contributed by atoms with Crippen LogP contribution in [-0.2, 0) is 6.42 Å². The molecule has 0 saturated carbocycles. The summed E-state index contributed by atoms with van der Waals surface area (Å²) in [7, 11) is 2.26. The molecule has 2 heterocycles. The highest BCUT2D eigenvalue weighted by Gasteiger charge is 2.21. The lowest BCUT2D eigenvalue weighted by atomic mass is 10.2. The number of rotatable bonds is 7. The van der Waals surface area contributed by atoms with Crippen LogP contribution in [0, 0.1) is 0 Å². The normalized spacial score (nSPS) is 22.0. The molecule has 1 atom stereocenters. The van der Waals surface area contributed by atoms with E-state index in [4.69, 9.17) is 0 Å². The van der Waals surface area contributed by atoms with Gasteiger partial charge in [-0.3, -0.25) is 4.90 Å². The first-order valence-electron chi connectivity index (χ1n) is 7.94. The van der Waals surface area contributed by atoms with Crippen molar-refractivity contribution in [1.29, 1.82) is 0 Å². The van der Waals surface area contributed by atoms with Crippen molar-refractivity contribution < 1.29 is 0 Å². The second-order valence-corrected chi connectivity index (χ2v) is 6.63. The second kappa shape index (κ2) is 8.78. The van der Waals surface area contributed by atoms with E-state index in [1.165, 1.54) is 44.6 Å².